The maximum absolute atomic E-state index is 11.8. The standard InChI is InChI=1S/C9H13N3O4S/c1-2-5-11-17(15,16)9-4-3-7(10)6-8(9)12(13)14/h3-4,6,11H,2,5,10H2,1H3. The summed E-state index contributed by atoms with van der Waals surface area (Å²) in [5.41, 5.74) is 5.01. The number of benzene rings is 1. The van der Waals surface area contributed by atoms with Crippen molar-refractivity contribution >= 4 is 21.4 Å². The van der Waals surface area contributed by atoms with Crippen LogP contribution < -0.4 is 10.5 Å². The number of rotatable bonds is 5. The van der Waals surface area contributed by atoms with Gasteiger partial charge in [-0.15, -0.1) is 0 Å². The van der Waals surface area contributed by atoms with Crippen LogP contribution in [0.15, 0.2) is 23.1 Å². The number of hydrogen-bond donors (Lipinski definition) is 2. The molecular weight excluding hydrogens is 246 g/mol. The zero-order valence-electron chi connectivity index (χ0n) is 9.21. The topological polar surface area (TPSA) is 115 Å². The minimum absolute atomic E-state index is 0.145. The van der Waals surface area contributed by atoms with Crippen LogP contribution in [0.2, 0.25) is 0 Å². The molecule has 7 nitrogen and oxygen atoms in total. The number of nitrogens with one attached hydrogen (secondary N) is 1. The van der Waals surface area contributed by atoms with E-state index in [2.05, 4.69) is 4.72 Å². The summed E-state index contributed by atoms with van der Waals surface area (Å²) in [6, 6.07) is 3.47. The number of nitro groups is 1. The molecule has 0 aliphatic rings. The molecule has 0 radical (unpaired) electrons. The number of hydrogen-bond acceptors (Lipinski definition) is 5. The van der Waals surface area contributed by atoms with Gasteiger partial charge >= 0.3 is 0 Å². The predicted molar refractivity (Wildman–Crippen MR) is 63.0 cm³/mol. The molecule has 3 N–H and O–H groups in total. The summed E-state index contributed by atoms with van der Waals surface area (Å²) in [5.74, 6) is 0. The highest BCUT2D eigenvalue weighted by Crippen LogP contribution is 2.25. The summed E-state index contributed by atoms with van der Waals surface area (Å²) in [5, 5.41) is 10.8. The van der Waals surface area contributed by atoms with Crippen molar-refractivity contribution < 1.29 is 13.3 Å². The molecule has 0 heterocycles. The average molecular weight is 259 g/mol. The van der Waals surface area contributed by atoms with E-state index >= 15 is 0 Å². The zero-order chi connectivity index (χ0) is 13.1. The Morgan fingerprint density at radius 1 is 1.47 bits per heavy atom. The molecule has 94 valence electrons. The van der Waals surface area contributed by atoms with Crippen molar-refractivity contribution in [2.45, 2.75) is 18.2 Å². The number of nitrogens with zero attached hydrogens (tertiary/aromatic N) is 1. The van der Waals surface area contributed by atoms with Gasteiger partial charge in [-0.05, 0) is 18.6 Å². The summed E-state index contributed by atoms with van der Waals surface area (Å²) in [7, 11) is -3.86. The maximum Gasteiger partial charge on any atom is 0.291 e. The lowest BCUT2D eigenvalue weighted by Crippen LogP contribution is -2.25. The van der Waals surface area contributed by atoms with E-state index in [1.54, 1.807) is 6.92 Å². The zero-order valence-corrected chi connectivity index (χ0v) is 10.0. The number of anilines is 1. The first-order valence-corrected chi connectivity index (χ1v) is 6.40. The molecule has 0 saturated heterocycles. The van der Waals surface area contributed by atoms with E-state index < -0.39 is 20.6 Å². The maximum atomic E-state index is 11.8. The van der Waals surface area contributed by atoms with Crippen LogP contribution in [0.4, 0.5) is 11.4 Å². The van der Waals surface area contributed by atoms with E-state index in [0.29, 0.717) is 6.42 Å². The Morgan fingerprint density at radius 2 is 2.12 bits per heavy atom. The first-order valence-electron chi connectivity index (χ1n) is 4.92. The second kappa shape index (κ2) is 5.11. The first-order chi connectivity index (χ1) is 7.88. The third-order valence-electron chi connectivity index (χ3n) is 2.01. The van der Waals surface area contributed by atoms with E-state index in [9.17, 15) is 18.5 Å². The van der Waals surface area contributed by atoms with Crippen molar-refractivity contribution in [2.24, 2.45) is 0 Å². The Bertz CT molecular complexity index is 527. The van der Waals surface area contributed by atoms with E-state index in [1.807, 2.05) is 0 Å². The summed E-state index contributed by atoms with van der Waals surface area (Å²) in [4.78, 5) is 9.61. The third kappa shape index (κ3) is 3.14. The van der Waals surface area contributed by atoms with Gasteiger partial charge in [0.05, 0.1) is 4.92 Å². The minimum atomic E-state index is -3.86. The third-order valence-corrected chi connectivity index (χ3v) is 3.52. The van der Waals surface area contributed by atoms with Crippen molar-refractivity contribution in [3.8, 4) is 0 Å². The Hall–Kier alpha value is -1.67. The summed E-state index contributed by atoms with van der Waals surface area (Å²) >= 11 is 0. The van der Waals surface area contributed by atoms with Gasteiger partial charge in [0.1, 0.15) is 0 Å². The van der Waals surface area contributed by atoms with Crippen molar-refractivity contribution in [2.75, 3.05) is 12.3 Å². The Balaban J connectivity index is 3.26. The van der Waals surface area contributed by atoms with Gasteiger partial charge in [-0.2, -0.15) is 0 Å². The fraction of sp³-hybridized carbons (Fsp3) is 0.333. The highest BCUT2D eigenvalue weighted by molar-refractivity contribution is 7.89. The second-order valence-corrected chi connectivity index (χ2v) is 5.12. The molecule has 0 unspecified atom stereocenters. The second-order valence-electron chi connectivity index (χ2n) is 3.38. The fourth-order valence-corrected chi connectivity index (χ4v) is 2.50. The van der Waals surface area contributed by atoms with Gasteiger partial charge in [-0.1, -0.05) is 6.92 Å². The average Bonchev–Trinajstić information content (AvgIpc) is 2.26. The Kier molecular flexibility index (Phi) is 4.02. The van der Waals surface area contributed by atoms with Crippen molar-refractivity contribution in [1.82, 2.24) is 4.72 Å². The molecule has 8 heteroatoms. The number of nitro benzene ring substituents is 1. The highest BCUT2D eigenvalue weighted by Gasteiger charge is 2.25. The Morgan fingerprint density at radius 3 is 2.65 bits per heavy atom. The molecule has 0 bridgehead atoms. The molecule has 0 fully saturated rings. The van der Waals surface area contributed by atoms with Gasteiger partial charge in [0, 0.05) is 18.3 Å². The van der Waals surface area contributed by atoms with Crippen LogP contribution >= 0.6 is 0 Å². The molecule has 0 saturated carbocycles. The quantitative estimate of drug-likeness (QED) is 0.462. The molecule has 0 aromatic heterocycles. The monoisotopic (exact) mass is 259 g/mol. The SMILES string of the molecule is CCCNS(=O)(=O)c1ccc(N)cc1[N+](=O)[O-]. The van der Waals surface area contributed by atoms with E-state index in [4.69, 9.17) is 5.73 Å². The summed E-state index contributed by atoms with van der Waals surface area (Å²) in [6.07, 6.45) is 0.599. The molecule has 0 aliphatic carbocycles. The van der Waals surface area contributed by atoms with Crippen LogP contribution in [0.3, 0.4) is 0 Å². The molecule has 1 aromatic carbocycles. The number of nitrogen functional groups attached to an aromatic ring is 1. The van der Waals surface area contributed by atoms with Crippen molar-refractivity contribution in [3.05, 3.63) is 28.3 Å². The van der Waals surface area contributed by atoms with Crippen LogP contribution in [0.1, 0.15) is 13.3 Å². The van der Waals surface area contributed by atoms with E-state index in [1.165, 1.54) is 6.07 Å². The van der Waals surface area contributed by atoms with Crippen LogP contribution in [-0.2, 0) is 10.0 Å². The largest absolute Gasteiger partial charge is 0.399 e. The first kappa shape index (κ1) is 13.4. The molecule has 17 heavy (non-hydrogen) atoms. The van der Waals surface area contributed by atoms with Crippen molar-refractivity contribution in [1.29, 1.82) is 0 Å². The fourth-order valence-electron chi connectivity index (χ4n) is 1.22. The molecule has 1 aromatic rings. The van der Waals surface area contributed by atoms with E-state index in [-0.39, 0.29) is 17.1 Å². The number of nitrogens with two attached hydrogens (primary N) is 1. The Labute approximate surface area is 98.8 Å². The van der Waals surface area contributed by atoms with Gasteiger partial charge in [-0.25, -0.2) is 13.1 Å². The van der Waals surface area contributed by atoms with Crippen LogP contribution in [0, 0.1) is 10.1 Å². The predicted octanol–water partition coefficient (Wildman–Crippen LogP) is 0.865. The molecule has 0 aliphatic heterocycles. The molecular formula is C9H13N3O4S. The van der Waals surface area contributed by atoms with Gasteiger partial charge < -0.3 is 5.73 Å². The van der Waals surface area contributed by atoms with Crippen LogP contribution in [-0.4, -0.2) is 19.9 Å². The summed E-state index contributed by atoms with van der Waals surface area (Å²) in [6.45, 7) is 2.02. The lowest BCUT2D eigenvalue weighted by molar-refractivity contribution is -0.387. The van der Waals surface area contributed by atoms with Gasteiger partial charge in [0.15, 0.2) is 4.90 Å². The molecule has 0 atom stereocenters. The van der Waals surface area contributed by atoms with Gasteiger partial charge in [-0.3, -0.25) is 10.1 Å². The molecule has 0 spiro atoms. The van der Waals surface area contributed by atoms with Gasteiger partial charge in [0.2, 0.25) is 10.0 Å². The normalized spacial score (nSPS) is 11.4. The lowest BCUT2D eigenvalue weighted by Gasteiger charge is -2.06. The summed E-state index contributed by atoms with van der Waals surface area (Å²) < 4.78 is 25.8. The smallest absolute Gasteiger partial charge is 0.291 e. The molecule has 1 rings (SSSR count). The van der Waals surface area contributed by atoms with Crippen molar-refractivity contribution in [3.63, 3.8) is 0 Å². The minimum Gasteiger partial charge on any atom is -0.399 e. The van der Waals surface area contributed by atoms with E-state index in [0.717, 1.165) is 12.1 Å². The molecule has 0 amide bonds. The van der Waals surface area contributed by atoms with Crippen LogP contribution in [0.5, 0.6) is 0 Å². The highest BCUT2D eigenvalue weighted by atomic mass is 32.2. The van der Waals surface area contributed by atoms with Crippen LogP contribution in [0.25, 0.3) is 0 Å². The number of sulfonamides is 1. The van der Waals surface area contributed by atoms with Gasteiger partial charge in [0.25, 0.3) is 5.69 Å². The lowest BCUT2D eigenvalue weighted by atomic mass is 10.3.